The molecular weight excluding hydrogens is 312 g/mol. The molecule has 0 radical (unpaired) electrons. The van der Waals surface area contributed by atoms with Crippen LogP contribution in [0.1, 0.15) is 12.7 Å². The number of aromatic nitrogens is 3. The first-order chi connectivity index (χ1) is 11.1. The smallest absolute Gasteiger partial charge is 0.230 e. The van der Waals surface area contributed by atoms with Gasteiger partial charge in [-0.25, -0.2) is 0 Å². The molecule has 1 atom stereocenters. The summed E-state index contributed by atoms with van der Waals surface area (Å²) in [5.41, 5.74) is 6.30. The molecule has 3 rings (SSSR count). The van der Waals surface area contributed by atoms with Crippen molar-refractivity contribution in [3.63, 3.8) is 0 Å². The minimum absolute atomic E-state index is 0.385. The number of amides is 1. The van der Waals surface area contributed by atoms with Crippen LogP contribution < -0.4 is 5.73 Å². The molecule has 6 nitrogen and oxygen atoms in total. The number of thioether (sulfide) groups is 1. The van der Waals surface area contributed by atoms with Crippen molar-refractivity contribution in [1.82, 2.24) is 14.8 Å². The predicted octanol–water partition coefficient (Wildman–Crippen LogP) is 2.55. The Bertz CT molecular complexity index is 784. The lowest BCUT2D eigenvalue weighted by Crippen LogP contribution is -2.23. The van der Waals surface area contributed by atoms with E-state index in [1.807, 2.05) is 47.0 Å². The van der Waals surface area contributed by atoms with E-state index in [4.69, 9.17) is 10.2 Å². The van der Waals surface area contributed by atoms with Crippen LogP contribution >= 0.6 is 11.8 Å². The van der Waals surface area contributed by atoms with Crippen molar-refractivity contribution in [3.05, 3.63) is 54.5 Å². The molecule has 1 aromatic carbocycles. The molecule has 2 heterocycles. The number of carbonyl (C=O) groups is 1. The molecule has 0 spiro atoms. The molecule has 0 unspecified atom stereocenters. The third kappa shape index (κ3) is 3.45. The van der Waals surface area contributed by atoms with Gasteiger partial charge in [0.25, 0.3) is 0 Å². The molecule has 2 N–H and O–H groups in total. The number of carbonyl (C=O) groups excluding carboxylic acids is 1. The van der Waals surface area contributed by atoms with Crippen LogP contribution in [0.2, 0.25) is 0 Å². The largest absolute Gasteiger partial charge is 0.467 e. The van der Waals surface area contributed by atoms with Crippen molar-refractivity contribution in [2.45, 2.75) is 23.9 Å². The summed E-state index contributed by atoms with van der Waals surface area (Å²) in [6, 6.07) is 13.5. The van der Waals surface area contributed by atoms with Crippen LogP contribution in [0.4, 0.5) is 0 Å². The summed E-state index contributed by atoms with van der Waals surface area (Å²) in [5.74, 6) is 1.13. The van der Waals surface area contributed by atoms with Crippen molar-refractivity contribution in [1.29, 1.82) is 0 Å². The van der Waals surface area contributed by atoms with Gasteiger partial charge < -0.3 is 10.2 Å². The number of hydrogen-bond acceptors (Lipinski definition) is 5. The lowest BCUT2D eigenvalue weighted by atomic mass is 10.2. The molecule has 0 fully saturated rings. The van der Waals surface area contributed by atoms with Gasteiger partial charge in [-0.2, -0.15) is 0 Å². The van der Waals surface area contributed by atoms with E-state index in [1.54, 1.807) is 13.2 Å². The van der Waals surface area contributed by atoms with E-state index in [0.717, 1.165) is 17.1 Å². The average molecular weight is 328 g/mol. The van der Waals surface area contributed by atoms with Crippen molar-refractivity contribution in [2.24, 2.45) is 5.73 Å². The van der Waals surface area contributed by atoms with E-state index < -0.39 is 5.25 Å². The summed E-state index contributed by atoms with van der Waals surface area (Å²) < 4.78 is 7.36. The van der Waals surface area contributed by atoms with Crippen LogP contribution in [0.3, 0.4) is 0 Å². The Morgan fingerprint density at radius 3 is 2.70 bits per heavy atom. The normalized spacial score (nSPS) is 12.2. The van der Waals surface area contributed by atoms with Crippen molar-refractivity contribution in [2.75, 3.05) is 0 Å². The fraction of sp³-hybridized carbons (Fsp3) is 0.188. The Hall–Kier alpha value is -2.54. The SMILES string of the molecule is C[C@@H](Sc1nnc(-c2ccccc2)n1Cc1ccco1)C(N)=O. The van der Waals surface area contributed by atoms with Gasteiger partial charge in [-0.05, 0) is 19.1 Å². The molecule has 0 aliphatic rings. The van der Waals surface area contributed by atoms with Gasteiger partial charge in [0, 0.05) is 5.56 Å². The van der Waals surface area contributed by atoms with Gasteiger partial charge in [-0.3, -0.25) is 9.36 Å². The summed E-state index contributed by atoms with van der Waals surface area (Å²) >= 11 is 1.29. The quantitative estimate of drug-likeness (QED) is 0.703. The summed E-state index contributed by atoms with van der Waals surface area (Å²) in [4.78, 5) is 11.3. The molecule has 7 heteroatoms. The number of rotatable bonds is 6. The first kappa shape index (κ1) is 15.4. The highest BCUT2D eigenvalue weighted by Gasteiger charge is 2.20. The molecule has 0 aliphatic heterocycles. The van der Waals surface area contributed by atoms with Crippen molar-refractivity contribution >= 4 is 17.7 Å². The Balaban J connectivity index is 1.99. The lowest BCUT2D eigenvalue weighted by Gasteiger charge is -2.10. The van der Waals surface area contributed by atoms with Gasteiger partial charge in [0.15, 0.2) is 11.0 Å². The molecule has 0 saturated carbocycles. The second-order valence-electron chi connectivity index (χ2n) is 5.00. The van der Waals surface area contributed by atoms with Crippen LogP contribution in [0.5, 0.6) is 0 Å². The topological polar surface area (TPSA) is 86.9 Å². The minimum atomic E-state index is -0.391. The molecule has 118 valence electrons. The lowest BCUT2D eigenvalue weighted by molar-refractivity contribution is -0.117. The zero-order chi connectivity index (χ0) is 16.2. The maximum Gasteiger partial charge on any atom is 0.230 e. The Morgan fingerprint density at radius 1 is 1.26 bits per heavy atom. The van der Waals surface area contributed by atoms with Crippen LogP contribution in [-0.4, -0.2) is 25.9 Å². The highest BCUT2D eigenvalue weighted by atomic mass is 32.2. The monoisotopic (exact) mass is 328 g/mol. The Labute approximate surface area is 137 Å². The van der Waals surface area contributed by atoms with E-state index in [0.29, 0.717) is 11.7 Å². The van der Waals surface area contributed by atoms with Crippen LogP contribution in [0.25, 0.3) is 11.4 Å². The number of furan rings is 1. The number of benzene rings is 1. The molecule has 2 aromatic heterocycles. The minimum Gasteiger partial charge on any atom is -0.467 e. The standard InChI is InChI=1S/C16H16N4O2S/c1-11(14(17)21)23-16-19-18-15(12-6-3-2-4-7-12)20(16)10-13-8-5-9-22-13/h2-9,11H,10H2,1H3,(H2,17,21)/t11-/m1/s1. The summed E-state index contributed by atoms with van der Waals surface area (Å²) in [5, 5.41) is 8.74. The van der Waals surface area contributed by atoms with Crippen LogP contribution in [0, 0.1) is 0 Å². The van der Waals surface area contributed by atoms with Gasteiger partial charge in [-0.1, -0.05) is 42.1 Å². The number of primary amides is 1. The average Bonchev–Trinajstić information content (AvgIpc) is 3.19. The first-order valence-corrected chi connectivity index (χ1v) is 8.00. The van der Waals surface area contributed by atoms with Gasteiger partial charge in [-0.15, -0.1) is 10.2 Å². The highest BCUT2D eigenvalue weighted by molar-refractivity contribution is 8.00. The molecule has 1 amide bonds. The van der Waals surface area contributed by atoms with Gasteiger partial charge in [0.1, 0.15) is 5.76 Å². The van der Waals surface area contributed by atoms with Gasteiger partial charge in [0.2, 0.25) is 5.91 Å². The number of nitrogens with zero attached hydrogens (tertiary/aromatic N) is 3. The highest BCUT2D eigenvalue weighted by Crippen LogP contribution is 2.27. The molecule has 0 bridgehead atoms. The molecule has 0 saturated heterocycles. The maximum atomic E-state index is 11.3. The van der Waals surface area contributed by atoms with Gasteiger partial charge >= 0.3 is 0 Å². The number of hydrogen-bond donors (Lipinski definition) is 1. The van der Waals surface area contributed by atoms with Crippen LogP contribution in [0.15, 0.2) is 58.3 Å². The predicted molar refractivity (Wildman–Crippen MR) is 87.8 cm³/mol. The zero-order valence-electron chi connectivity index (χ0n) is 12.5. The Morgan fingerprint density at radius 2 is 2.04 bits per heavy atom. The zero-order valence-corrected chi connectivity index (χ0v) is 13.4. The van der Waals surface area contributed by atoms with E-state index >= 15 is 0 Å². The summed E-state index contributed by atoms with van der Waals surface area (Å²) in [7, 11) is 0. The Kier molecular flexibility index (Phi) is 4.47. The van der Waals surface area contributed by atoms with Crippen molar-refractivity contribution < 1.29 is 9.21 Å². The second-order valence-corrected chi connectivity index (χ2v) is 6.31. The second kappa shape index (κ2) is 6.70. The van der Waals surface area contributed by atoms with E-state index in [2.05, 4.69) is 10.2 Å². The fourth-order valence-electron chi connectivity index (χ4n) is 2.09. The molecule has 23 heavy (non-hydrogen) atoms. The maximum absolute atomic E-state index is 11.3. The molecule has 3 aromatic rings. The molecule has 0 aliphatic carbocycles. The third-order valence-electron chi connectivity index (χ3n) is 3.33. The van der Waals surface area contributed by atoms with Gasteiger partial charge in [0.05, 0.1) is 18.1 Å². The van der Waals surface area contributed by atoms with E-state index in [1.165, 1.54) is 11.8 Å². The summed E-state index contributed by atoms with van der Waals surface area (Å²) in [6.45, 7) is 2.24. The number of nitrogens with two attached hydrogens (primary N) is 1. The van der Waals surface area contributed by atoms with E-state index in [9.17, 15) is 4.79 Å². The summed E-state index contributed by atoms with van der Waals surface area (Å²) in [6.07, 6.45) is 1.63. The molecular formula is C16H16N4O2S. The van der Waals surface area contributed by atoms with Crippen molar-refractivity contribution in [3.8, 4) is 11.4 Å². The van der Waals surface area contributed by atoms with Crippen LogP contribution in [-0.2, 0) is 11.3 Å². The fourth-order valence-corrected chi connectivity index (χ4v) is 2.89. The van der Waals surface area contributed by atoms with E-state index in [-0.39, 0.29) is 5.91 Å². The first-order valence-electron chi connectivity index (χ1n) is 7.12. The third-order valence-corrected chi connectivity index (χ3v) is 4.42.